The van der Waals surface area contributed by atoms with E-state index < -0.39 is 5.97 Å². The number of benzene rings is 2. The Morgan fingerprint density at radius 3 is 2.32 bits per heavy atom. The predicted molar refractivity (Wildman–Crippen MR) is 123 cm³/mol. The molecule has 2 aromatic rings. The van der Waals surface area contributed by atoms with E-state index in [1.807, 2.05) is 18.2 Å². The zero-order valence-corrected chi connectivity index (χ0v) is 18.8. The number of carbonyl (C=O) groups is 2. The van der Waals surface area contributed by atoms with Gasteiger partial charge < -0.3 is 19.5 Å². The maximum atomic E-state index is 12.2. The third-order valence-corrected chi connectivity index (χ3v) is 4.30. The van der Waals surface area contributed by atoms with Gasteiger partial charge >= 0.3 is 5.97 Å². The monoisotopic (exact) mass is 425 g/mol. The minimum absolute atomic E-state index is 0.184. The van der Waals surface area contributed by atoms with Crippen molar-refractivity contribution in [2.45, 2.75) is 40.2 Å². The summed E-state index contributed by atoms with van der Waals surface area (Å²) in [5.41, 5.74) is 1.84. The highest BCUT2D eigenvalue weighted by molar-refractivity contribution is 6.02. The second-order valence-electron chi connectivity index (χ2n) is 7.80. The van der Waals surface area contributed by atoms with E-state index in [-0.39, 0.29) is 12.0 Å². The molecular formula is C25H31NO5. The molecule has 0 fully saturated rings. The Hall–Kier alpha value is -3.28. The van der Waals surface area contributed by atoms with Gasteiger partial charge in [0.1, 0.15) is 0 Å². The van der Waals surface area contributed by atoms with Gasteiger partial charge in [-0.15, -0.1) is 0 Å². The van der Waals surface area contributed by atoms with Crippen LogP contribution in [0.2, 0.25) is 0 Å². The summed E-state index contributed by atoms with van der Waals surface area (Å²) >= 11 is 0. The zero-order valence-electron chi connectivity index (χ0n) is 18.8. The second-order valence-corrected chi connectivity index (χ2v) is 7.80. The summed E-state index contributed by atoms with van der Waals surface area (Å²) in [7, 11) is 1.59. The summed E-state index contributed by atoms with van der Waals surface area (Å²) in [6.07, 6.45) is 3.92. The van der Waals surface area contributed by atoms with Crippen LogP contribution in [0.3, 0.4) is 0 Å². The molecule has 0 atom stereocenters. The van der Waals surface area contributed by atoms with E-state index in [0.717, 1.165) is 12.0 Å². The van der Waals surface area contributed by atoms with Crippen molar-refractivity contribution in [1.29, 1.82) is 0 Å². The number of esters is 1. The maximum absolute atomic E-state index is 12.2. The molecule has 0 saturated carbocycles. The summed E-state index contributed by atoms with van der Waals surface area (Å²) in [5, 5.41) is 2.76. The van der Waals surface area contributed by atoms with Gasteiger partial charge in [0.2, 0.25) is 5.91 Å². The first-order valence-electron chi connectivity index (χ1n) is 10.4. The van der Waals surface area contributed by atoms with Gasteiger partial charge in [0.15, 0.2) is 11.5 Å². The fourth-order valence-corrected chi connectivity index (χ4v) is 2.64. The van der Waals surface area contributed by atoms with Crippen molar-refractivity contribution >= 4 is 23.6 Å². The van der Waals surface area contributed by atoms with Crippen LogP contribution in [0.25, 0.3) is 6.08 Å². The number of nitrogens with one attached hydrogen (secondary N) is 1. The molecular weight excluding hydrogens is 394 g/mol. The third-order valence-electron chi connectivity index (χ3n) is 4.30. The van der Waals surface area contributed by atoms with E-state index in [4.69, 9.17) is 14.2 Å². The highest BCUT2D eigenvalue weighted by atomic mass is 16.5. The van der Waals surface area contributed by atoms with Crippen LogP contribution >= 0.6 is 0 Å². The van der Waals surface area contributed by atoms with Gasteiger partial charge in [-0.2, -0.15) is 0 Å². The second kappa shape index (κ2) is 11.8. The average Bonchev–Trinajstić information content (AvgIpc) is 2.72. The molecule has 0 heterocycles. The number of hydrogen-bond donors (Lipinski definition) is 1. The highest BCUT2D eigenvalue weighted by Gasteiger charge is 2.09. The SMILES string of the molecule is COc1cc(C=CC(=O)Nc2ccc(C(=O)OC(C)C)cc2)ccc1OCCC(C)C. The molecule has 0 radical (unpaired) electrons. The molecule has 6 heteroatoms. The first-order chi connectivity index (χ1) is 14.8. The van der Waals surface area contributed by atoms with Crippen LogP contribution in [0, 0.1) is 5.92 Å². The highest BCUT2D eigenvalue weighted by Crippen LogP contribution is 2.29. The summed E-state index contributed by atoms with van der Waals surface area (Å²) in [5.74, 6) is 1.19. The van der Waals surface area contributed by atoms with E-state index in [1.54, 1.807) is 51.3 Å². The van der Waals surface area contributed by atoms with Gasteiger partial charge in [-0.25, -0.2) is 4.79 Å². The molecule has 166 valence electrons. The smallest absolute Gasteiger partial charge is 0.338 e. The molecule has 0 aliphatic carbocycles. The molecule has 0 bridgehead atoms. The molecule has 0 aliphatic heterocycles. The van der Waals surface area contributed by atoms with Crippen molar-refractivity contribution in [3.05, 3.63) is 59.7 Å². The lowest BCUT2D eigenvalue weighted by Crippen LogP contribution is -2.12. The summed E-state index contributed by atoms with van der Waals surface area (Å²) < 4.78 is 16.3. The van der Waals surface area contributed by atoms with E-state index in [9.17, 15) is 9.59 Å². The molecule has 1 amide bonds. The molecule has 0 saturated heterocycles. The minimum atomic E-state index is -0.390. The van der Waals surface area contributed by atoms with Crippen molar-refractivity contribution in [3.63, 3.8) is 0 Å². The van der Waals surface area contributed by atoms with Gasteiger partial charge in [0, 0.05) is 11.8 Å². The van der Waals surface area contributed by atoms with Crippen LogP contribution in [0.1, 0.15) is 50.0 Å². The standard InChI is InChI=1S/C25H31NO5/c1-17(2)14-15-30-22-12-6-19(16-23(22)29-5)7-13-24(27)26-21-10-8-20(9-11-21)25(28)31-18(3)4/h6-13,16-18H,14-15H2,1-5H3,(H,26,27). The number of hydrogen-bond acceptors (Lipinski definition) is 5. The molecule has 31 heavy (non-hydrogen) atoms. The Bertz CT molecular complexity index is 901. The van der Waals surface area contributed by atoms with E-state index in [1.165, 1.54) is 6.08 Å². The predicted octanol–water partition coefficient (Wildman–Crippen LogP) is 5.34. The molecule has 2 rings (SSSR count). The maximum Gasteiger partial charge on any atom is 0.338 e. The number of ether oxygens (including phenoxy) is 3. The van der Waals surface area contributed by atoms with Crippen molar-refractivity contribution in [3.8, 4) is 11.5 Å². The third kappa shape index (κ3) is 8.16. The van der Waals surface area contributed by atoms with Gasteiger partial charge in [-0.3, -0.25) is 4.79 Å². The number of rotatable bonds is 10. The first-order valence-corrected chi connectivity index (χ1v) is 10.4. The largest absolute Gasteiger partial charge is 0.493 e. The topological polar surface area (TPSA) is 73.9 Å². The normalized spacial score (nSPS) is 11.1. The van der Waals surface area contributed by atoms with Crippen molar-refractivity contribution in [1.82, 2.24) is 0 Å². The fourth-order valence-electron chi connectivity index (χ4n) is 2.64. The Morgan fingerprint density at radius 1 is 1.00 bits per heavy atom. The molecule has 0 aromatic heterocycles. The van der Waals surface area contributed by atoms with E-state index >= 15 is 0 Å². The lowest BCUT2D eigenvalue weighted by Gasteiger charge is -2.12. The summed E-state index contributed by atoms with van der Waals surface area (Å²) in [6, 6.07) is 12.1. The lowest BCUT2D eigenvalue weighted by molar-refractivity contribution is -0.111. The quantitative estimate of drug-likeness (QED) is 0.411. The van der Waals surface area contributed by atoms with Crippen molar-refractivity contribution in [2.24, 2.45) is 5.92 Å². The van der Waals surface area contributed by atoms with Gasteiger partial charge in [0.25, 0.3) is 0 Å². The van der Waals surface area contributed by atoms with Crippen LogP contribution in [-0.2, 0) is 9.53 Å². The van der Waals surface area contributed by atoms with Gasteiger partial charge in [-0.1, -0.05) is 19.9 Å². The van der Waals surface area contributed by atoms with Gasteiger partial charge in [0.05, 0.1) is 25.4 Å². The van der Waals surface area contributed by atoms with Crippen LogP contribution < -0.4 is 14.8 Å². The average molecular weight is 426 g/mol. The Morgan fingerprint density at radius 2 is 1.71 bits per heavy atom. The number of carbonyl (C=O) groups excluding carboxylic acids is 2. The van der Waals surface area contributed by atoms with Gasteiger partial charge in [-0.05, 0) is 74.2 Å². The van der Waals surface area contributed by atoms with Crippen LogP contribution in [0.15, 0.2) is 48.5 Å². The lowest BCUT2D eigenvalue weighted by atomic mass is 10.1. The summed E-state index contributed by atoms with van der Waals surface area (Å²) in [4.78, 5) is 24.1. The fraction of sp³-hybridized carbons (Fsp3) is 0.360. The number of anilines is 1. The van der Waals surface area contributed by atoms with E-state index in [0.29, 0.717) is 35.3 Å². The minimum Gasteiger partial charge on any atom is -0.493 e. The molecule has 0 aliphatic rings. The molecule has 2 aromatic carbocycles. The molecule has 1 N–H and O–H groups in total. The zero-order chi connectivity index (χ0) is 22.8. The van der Waals surface area contributed by atoms with Crippen molar-refractivity contribution < 1.29 is 23.8 Å². The van der Waals surface area contributed by atoms with Crippen LogP contribution in [-0.4, -0.2) is 31.7 Å². The van der Waals surface area contributed by atoms with Crippen LogP contribution in [0.4, 0.5) is 5.69 Å². The Balaban J connectivity index is 1.95. The number of methoxy groups -OCH3 is 1. The Kier molecular flexibility index (Phi) is 9.13. The molecule has 6 nitrogen and oxygen atoms in total. The van der Waals surface area contributed by atoms with Crippen molar-refractivity contribution in [2.75, 3.05) is 19.0 Å². The first kappa shape index (κ1) is 24.0. The molecule has 0 spiro atoms. The Labute approximate surface area is 184 Å². The summed E-state index contributed by atoms with van der Waals surface area (Å²) in [6.45, 7) is 8.51. The molecule has 0 unspecified atom stereocenters. The van der Waals surface area contributed by atoms with E-state index in [2.05, 4.69) is 19.2 Å². The van der Waals surface area contributed by atoms with Crippen LogP contribution in [0.5, 0.6) is 11.5 Å². The number of amides is 1.